The fourth-order valence-electron chi connectivity index (χ4n) is 3.20. The summed E-state index contributed by atoms with van der Waals surface area (Å²) in [7, 11) is 1.44. The normalized spacial score (nSPS) is 11.6. The Balaban J connectivity index is 2.25. The van der Waals surface area contributed by atoms with Gasteiger partial charge in [0, 0.05) is 18.0 Å². The zero-order valence-corrected chi connectivity index (χ0v) is 16.3. The molecular formula is C23H26NP. The fraction of sp³-hybridized carbons (Fsp3) is 0.217. The van der Waals surface area contributed by atoms with E-state index in [1.807, 2.05) is 7.05 Å². The second-order valence-corrected chi connectivity index (χ2v) is 9.39. The maximum absolute atomic E-state index is 3.51. The highest BCUT2D eigenvalue weighted by Crippen LogP contribution is 2.39. The van der Waals surface area contributed by atoms with E-state index in [1.54, 1.807) is 0 Å². The number of nitrogens with one attached hydrogen (secondary N) is 1. The highest BCUT2D eigenvalue weighted by Gasteiger charge is 2.24. The standard InChI is InChI=1S/C23H26NP/c1-23(2,3)20-16-11-17-21(22(20)24-4)25(18-12-7-5-8-13-18)19-14-9-6-10-15-19/h5-17,24H,1-4H3. The van der Waals surface area contributed by atoms with Gasteiger partial charge in [0.25, 0.3) is 0 Å². The maximum Gasteiger partial charge on any atom is 0.0460 e. The number of rotatable bonds is 4. The van der Waals surface area contributed by atoms with Crippen LogP contribution in [0.5, 0.6) is 0 Å². The van der Waals surface area contributed by atoms with Crippen LogP contribution in [0.15, 0.2) is 78.9 Å². The van der Waals surface area contributed by atoms with Gasteiger partial charge in [0.1, 0.15) is 0 Å². The summed E-state index contributed by atoms with van der Waals surface area (Å²) in [6.07, 6.45) is 0. The summed E-state index contributed by atoms with van der Waals surface area (Å²) < 4.78 is 0. The topological polar surface area (TPSA) is 12.0 Å². The molecule has 0 heterocycles. The third-order valence-electron chi connectivity index (χ3n) is 4.37. The number of hydrogen-bond acceptors (Lipinski definition) is 1. The summed E-state index contributed by atoms with van der Waals surface area (Å²) in [6, 6.07) is 28.5. The summed E-state index contributed by atoms with van der Waals surface area (Å²) in [4.78, 5) is 0. The molecule has 128 valence electrons. The van der Waals surface area contributed by atoms with Crippen molar-refractivity contribution in [2.45, 2.75) is 26.2 Å². The molecule has 0 aliphatic rings. The van der Waals surface area contributed by atoms with Crippen LogP contribution in [0.4, 0.5) is 5.69 Å². The summed E-state index contributed by atoms with van der Waals surface area (Å²) in [6.45, 7) is 6.83. The molecule has 3 aromatic rings. The van der Waals surface area contributed by atoms with Gasteiger partial charge in [-0.15, -0.1) is 0 Å². The Bertz CT molecular complexity index is 780. The van der Waals surface area contributed by atoms with E-state index in [-0.39, 0.29) is 5.41 Å². The zero-order chi connectivity index (χ0) is 17.9. The van der Waals surface area contributed by atoms with Crippen LogP contribution in [0.2, 0.25) is 0 Å². The summed E-state index contributed by atoms with van der Waals surface area (Å²) in [5.74, 6) is 0. The molecule has 0 bridgehead atoms. The van der Waals surface area contributed by atoms with Crippen molar-refractivity contribution in [3.63, 3.8) is 0 Å². The minimum atomic E-state index is -0.598. The molecule has 1 nitrogen and oxygen atoms in total. The quantitative estimate of drug-likeness (QED) is 0.670. The molecule has 0 unspecified atom stereocenters. The van der Waals surface area contributed by atoms with Crippen LogP contribution in [-0.2, 0) is 5.41 Å². The van der Waals surface area contributed by atoms with Crippen LogP contribution in [0.25, 0.3) is 0 Å². The van der Waals surface area contributed by atoms with E-state index in [4.69, 9.17) is 0 Å². The van der Waals surface area contributed by atoms with Gasteiger partial charge < -0.3 is 5.32 Å². The molecule has 0 amide bonds. The minimum absolute atomic E-state index is 0.0999. The summed E-state index contributed by atoms with van der Waals surface area (Å²) in [5.41, 5.74) is 2.74. The van der Waals surface area contributed by atoms with E-state index in [1.165, 1.54) is 27.2 Å². The molecule has 0 aliphatic heterocycles. The third kappa shape index (κ3) is 3.78. The summed E-state index contributed by atoms with van der Waals surface area (Å²) in [5, 5.41) is 7.66. The zero-order valence-electron chi connectivity index (χ0n) is 15.5. The lowest BCUT2D eigenvalue weighted by molar-refractivity contribution is 0.592. The lowest BCUT2D eigenvalue weighted by Gasteiger charge is -2.28. The predicted molar refractivity (Wildman–Crippen MR) is 113 cm³/mol. The van der Waals surface area contributed by atoms with Crippen molar-refractivity contribution in [3.05, 3.63) is 84.4 Å². The van der Waals surface area contributed by atoms with Crippen molar-refractivity contribution >= 4 is 29.5 Å². The number of para-hydroxylation sites is 1. The Morgan fingerprint density at radius 3 is 1.64 bits per heavy atom. The first-order valence-corrected chi connectivity index (χ1v) is 10.1. The van der Waals surface area contributed by atoms with Crippen LogP contribution in [0, 0.1) is 0 Å². The van der Waals surface area contributed by atoms with E-state index in [0.717, 1.165) is 0 Å². The molecule has 3 rings (SSSR count). The highest BCUT2D eigenvalue weighted by atomic mass is 31.1. The number of benzene rings is 3. The molecule has 2 heteroatoms. The maximum atomic E-state index is 3.51. The van der Waals surface area contributed by atoms with Crippen LogP contribution < -0.4 is 21.2 Å². The van der Waals surface area contributed by atoms with Gasteiger partial charge in [0.05, 0.1) is 0 Å². The Morgan fingerprint density at radius 1 is 0.680 bits per heavy atom. The van der Waals surface area contributed by atoms with E-state index in [2.05, 4.69) is 105 Å². The molecule has 25 heavy (non-hydrogen) atoms. The van der Waals surface area contributed by atoms with Crippen molar-refractivity contribution in [3.8, 4) is 0 Å². The summed E-state index contributed by atoms with van der Waals surface area (Å²) >= 11 is 0. The van der Waals surface area contributed by atoms with Crippen molar-refractivity contribution in [2.75, 3.05) is 12.4 Å². The Labute approximate surface area is 152 Å². The first kappa shape index (κ1) is 17.7. The van der Waals surface area contributed by atoms with Gasteiger partial charge in [-0.2, -0.15) is 0 Å². The van der Waals surface area contributed by atoms with Crippen molar-refractivity contribution < 1.29 is 0 Å². The van der Waals surface area contributed by atoms with E-state index in [0.29, 0.717) is 0 Å². The molecular weight excluding hydrogens is 321 g/mol. The molecule has 0 saturated carbocycles. The molecule has 0 radical (unpaired) electrons. The second-order valence-electron chi connectivity index (χ2n) is 7.21. The van der Waals surface area contributed by atoms with E-state index >= 15 is 0 Å². The molecule has 0 spiro atoms. The lowest BCUT2D eigenvalue weighted by Crippen LogP contribution is -2.25. The average Bonchev–Trinajstić information content (AvgIpc) is 2.63. The third-order valence-corrected chi connectivity index (χ3v) is 6.85. The highest BCUT2D eigenvalue weighted by molar-refractivity contribution is 7.80. The molecule has 0 saturated heterocycles. The van der Waals surface area contributed by atoms with Crippen LogP contribution >= 0.6 is 7.92 Å². The first-order valence-electron chi connectivity index (χ1n) is 8.74. The van der Waals surface area contributed by atoms with Crippen molar-refractivity contribution in [1.82, 2.24) is 0 Å². The van der Waals surface area contributed by atoms with Gasteiger partial charge in [0.15, 0.2) is 0 Å². The number of anilines is 1. The van der Waals surface area contributed by atoms with Crippen LogP contribution in [0.3, 0.4) is 0 Å². The Morgan fingerprint density at radius 2 is 1.20 bits per heavy atom. The molecule has 0 aromatic heterocycles. The molecule has 0 aliphatic carbocycles. The Hall–Kier alpha value is -2.11. The smallest absolute Gasteiger partial charge is 0.0460 e. The second kappa shape index (κ2) is 7.42. The SMILES string of the molecule is CNc1c(P(c2ccccc2)c2ccccc2)cccc1C(C)(C)C. The van der Waals surface area contributed by atoms with E-state index in [9.17, 15) is 0 Å². The molecule has 0 atom stereocenters. The van der Waals surface area contributed by atoms with Gasteiger partial charge in [-0.25, -0.2) is 0 Å². The lowest BCUT2D eigenvalue weighted by atomic mass is 9.86. The average molecular weight is 347 g/mol. The van der Waals surface area contributed by atoms with Crippen LogP contribution in [0.1, 0.15) is 26.3 Å². The van der Waals surface area contributed by atoms with Gasteiger partial charge in [0.2, 0.25) is 0 Å². The van der Waals surface area contributed by atoms with Gasteiger partial charge in [-0.05, 0) is 29.5 Å². The molecule has 1 N–H and O–H groups in total. The van der Waals surface area contributed by atoms with Gasteiger partial charge in [-0.1, -0.05) is 99.6 Å². The first-order chi connectivity index (χ1) is 12.0. The van der Waals surface area contributed by atoms with Crippen LogP contribution in [-0.4, -0.2) is 7.05 Å². The molecule has 0 fully saturated rings. The van der Waals surface area contributed by atoms with Gasteiger partial charge >= 0.3 is 0 Å². The largest absolute Gasteiger partial charge is 0.387 e. The van der Waals surface area contributed by atoms with E-state index < -0.39 is 7.92 Å². The monoisotopic (exact) mass is 347 g/mol. The minimum Gasteiger partial charge on any atom is -0.387 e. The van der Waals surface area contributed by atoms with Gasteiger partial charge in [-0.3, -0.25) is 0 Å². The Kier molecular flexibility index (Phi) is 5.25. The number of hydrogen-bond donors (Lipinski definition) is 1. The van der Waals surface area contributed by atoms with Crippen molar-refractivity contribution in [1.29, 1.82) is 0 Å². The predicted octanol–water partition coefficient (Wildman–Crippen LogP) is 4.78. The molecule has 3 aromatic carbocycles. The fourth-order valence-corrected chi connectivity index (χ4v) is 5.68. The van der Waals surface area contributed by atoms with Crippen molar-refractivity contribution in [2.24, 2.45) is 0 Å².